The van der Waals surface area contributed by atoms with Gasteiger partial charge in [0.1, 0.15) is 23.7 Å². The summed E-state index contributed by atoms with van der Waals surface area (Å²) < 4.78 is 15.8. The fourth-order valence-corrected chi connectivity index (χ4v) is 14.4. The van der Waals surface area contributed by atoms with Crippen LogP contribution in [-0.2, 0) is 49.5 Å². The van der Waals surface area contributed by atoms with Crippen molar-refractivity contribution in [3.05, 3.63) is 70.6 Å². The summed E-state index contributed by atoms with van der Waals surface area (Å²) in [5.74, 6) is 1.50. The van der Waals surface area contributed by atoms with Gasteiger partial charge < -0.3 is 44.6 Å². The molecule has 15 heteroatoms. The third kappa shape index (κ3) is 8.41. The van der Waals surface area contributed by atoms with Gasteiger partial charge in [0.2, 0.25) is 11.8 Å². The maximum atomic E-state index is 14.4. The number of aromatic nitrogens is 4. The summed E-state index contributed by atoms with van der Waals surface area (Å²) in [6, 6.07) is 7.72. The van der Waals surface area contributed by atoms with Crippen LogP contribution < -0.4 is 10.6 Å². The van der Waals surface area contributed by atoms with Crippen LogP contribution in [-0.4, -0.2) is 106 Å². The van der Waals surface area contributed by atoms with Gasteiger partial charge in [-0.15, -0.1) is 0 Å². The van der Waals surface area contributed by atoms with Crippen LogP contribution in [0.1, 0.15) is 144 Å². The summed E-state index contributed by atoms with van der Waals surface area (Å²) in [6.45, 7) is 9.95. The Labute approximate surface area is 417 Å². The molecule has 15 nitrogen and oxygen atoms in total. The molecule has 3 aliphatic heterocycles. The first kappa shape index (κ1) is 47.6. The lowest BCUT2D eigenvalue weighted by Gasteiger charge is -2.37. The predicted molar refractivity (Wildman–Crippen MR) is 268 cm³/mol. The fraction of sp³-hybridized carbons (Fsp3) is 0.607. The number of piperidine rings is 1. The molecule has 2 bridgehead atoms. The SMILES string of the molecule is COC(=O)N[C@H](C(=O)N1CCC[C@H]1c1ncc(-c2ccc(-c3ccc(-c4cnc([C@@H]5C6CCC(C6)N5C(=O)[C@@H](NC(=O)OC)C(C)C)[nH]4)c4c3CC3(CCOCC3)C4)c3c2CC2(CCCC2)C3)[nH]1)C(C)C. The number of hydrogen-bond donors (Lipinski definition) is 4. The van der Waals surface area contributed by atoms with Crippen molar-refractivity contribution in [3.63, 3.8) is 0 Å². The highest BCUT2D eigenvalue weighted by Crippen LogP contribution is 2.56. The summed E-state index contributed by atoms with van der Waals surface area (Å²) >= 11 is 0. The smallest absolute Gasteiger partial charge is 0.407 e. The first-order valence-corrected chi connectivity index (χ1v) is 26.6. The Hall–Kier alpha value is -5.70. The molecule has 2 aromatic heterocycles. The zero-order valence-corrected chi connectivity index (χ0v) is 42.5. The number of likely N-dealkylation sites (tertiary alicyclic amines) is 2. The number of benzene rings is 2. The number of nitrogens with zero attached hydrogens (tertiary/aromatic N) is 4. The van der Waals surface area contributed by atoms with E-state index in [2.05, 4.69) is 44.9 Å². The first-order chi connectivity index (χ1) is 34.3. The number of carbonyl (C=O) groups excluding carboxylic acids is 4. The van der Waals surface area contributed by atoms with Crippen LogP contribution in [0.5, 0.6) is 0 Å². The second kappa shape index (κ2) is 18.7. The van der Waals surface area contributed by atoms with E-state index in [4.69, 9.17) is 24.2 Å². The molecule has 4 N–H and O–H groups in total. The Balaban J connectivity index is 0.939. The molecule has 378 valence electrons. The summed E-state index contributed by atoms with van der Waals surface area (Å²) in [6.07, 6.45) is 18.5. The quantitative estimate of drug-likeness (QED) is 0.114. The molecule has 71 heavy (non-hydrogen) atoms. The van der Waals surface area contributed by atoms with E-state index in [9.17, 15) is 19.2 Å². The Morgan fingerprint density at radius 3 is 1.73 bits per heavy atom. The molecule has 4 amide bonds. The molecule has 2 unspecified atom stereocenters. The average molecular weight is 969 g/mol. The van der Waals surface area contributed by atoms with Crippen LogP contribution >= 0.6 is 0 Å². The van der Waals surface area contributed by atoms with Crippen molar-refractivity contribution in [3.8, 4) is 33.6 Å². The van der Waals surface area contributed by atoms with Crippen LogP contribution in [0.4, 0.5) is 9.59 Å². The molecule has 5 heterocycles. The van der Waals surface area contributed by atoms with Gasteiger partial charge in [-0.2, -0.15) is 0 Å². The van der Waals surface area contributed by atoms with E-state index in [1.165, 1.54) is 84.4 Å². The molecule has 7 aliphatic rings. The van der Waals surface area contributed by atoms with Gasteiger partial charge in [-0.3, -0.25) is 9.59 Å². The molecular weight excluding hydrogens is 897 g/mol. The Bertz CT molecular complexity index is 2710. The van der Waals surface area contributed by atoms with Crippen LogP contribution in [0.25, 0.3) is 33.6 Å². The summed E-state index contributed by atoms with van der Waals surface area (Å²) in [4.78, 5) is 74.5. The topological polar surface area (TPSA) is 184 Å². The lowest BCUT2D eigenvalue weighted by atomic mass is 9.77. The standard InChI is InChI=1S/C56H72N8O7/c1-31(2)46(61-53(67)69-5)51(65)63-21-9-10-45(63)49-57-29-43(59-49)37-15-13-35(39-25-55(27-41(37)39)17-7-8-18-55)36-14-16-38(42-28-56(26-40(36)42)19-22-71-23-20-56)44-30-58-50(60-44)48-33-11-12-34(24-33)64(48)52(66)47(32(3)4)62-54(68)70-6/h13-16,29-34,45-48H,7-12,17-28H2,1-6H3,(H,57,59)(H,58,60)(H,61,67)(H,62,68)/t33?,34?,45-,46-,47-,48-/m0/s1. The van der Waals surface area contributed by atoms with E-state index in [-0.39, 0.29) is 52.6 Å². The number of fused-ring (bicyclic) bond motifs is 4. The molecule has 2 aromatic carbocycles. The Morgan fingerprint density at radius 2 is 1.17 bits per heavy atom. The number of amides is 4. The third-order valence-electron chi connectivity index (χ3n) is 18.1. The lowest BCUT2D eigenvalue weighted by Crippen LogP contribution is -2.54. The van der Waals surface area contributed by atoms with Crippen molar-refractivity contribution in [2.75, 3.05) is 34.0 Å². The molecule has 4 aliphatic carbocycles. The monoisotopic (exact) mass is 969 g/mol. The van der Waals surface area contributed by atoms with Gasteiger partial charge in [0.05, 0.1) is 50.1 Å². The number of methoxy groups -OCH3 is 2. The van der Waals surface area contributed by atoms with Crippen molar-refractivity contribution < 1.29 is 33.4 Å². The minimum Gasteiger partial charge on any atom is -0.453 e. The van der Waals surface area contributed by atoms with Crippen molar-refractivity contribution in [1.29, 1.82) is 0 Å². The number of H-pyrrole nitrogens is 2. The Kier molecular flexibility index (Phi) is 12.6. The summed E-state index contributed by atoms with van der Waals surface area (Å²) in [5, 5.41) is 5.60. The van der Waals surface area contributed by atoms with Crippen LogP contribution in [0.15, 0.2) is 36.7 Å². The zero-order valence-electron chi connectivity index (χ0n) is 42.5. The van der Waals surface area contributed by atoms with E-state index < -0.39 is 24.3 Å². The van der Waals surface area contributed by atoms with E-state index in [1.807, 2.05) is 49.9 Å². The van der Waals surface area contributed by atoms with Gasteiger partial charge in [0.15, 0.2) is 0 Å². The lowest BCUT2D eigenvalue weighted by molar-refractivity contribution is -0.139. The predicted octanol–water partition coefficient (Wildman–Crippen LogP) is 9.16. The number of ether oxygens (including phenoxy) is 3. The van der Waals surface area contributed by atoms with Gasteiger partial charge in [0.25, 0.3) is 0 Å². The molecule has 4 aromatic rings. The van der Waals surface area contributed by atoms with E-state index in [0.717, 1.165) is 107 Å². The van der Waals surface area contributed by atoms with Gasteiger partial charge in [-0.1, -0.05) is 64.8 Å². The largest absolute Gasteiger partial charge is 0.453 e. The van der Waals surface area contributed by atoms with Crippen LogP contribution in [0.3, 0.4) is 0 Å². The number of alkyl carbamates (subject to hydrolysis) is 2. The van der Waals surface area contributed by atoms with Crippen LogP contribution in [0.2, 0.25) is 0 Å². The number of aromatic amines is 2. The molecule has 3 saturated heterocycles. The number of nitrogens with one attached hydrogen (secondary N) is 4. The first-order valence-electron chi connectivity index (χ1n) is 26.6. The van der Waals surface area contributed by atoms with E-state index >= 15 is 0 Å². The van der Waals surface area contributed by atoms with Crippen molar-refractivity contribution in [1.82, 2.24) is 40.4 Å². The van der Waals surface area contributed by atoms with Crippen molar-refractivity contribution in [2.24, 2.45) is 28.6 Å². The highest BCUT2D eigenvalue weighted by Gasteiger charge is 2.52. The maximum absolute atomic E-state index is 14.4. The van der Waals surface area contributed by atoms with Gasteiger partial charge in [-0.25, -0.2) is 19.6 Å². The highest BCUT2D eigenvalue weighted by molar-refractivity contribution is 5.88. The molecular formula is C56H72N8O7. The van der Waals surface area contributed by atoms with Gasteiger partial charge in [0, 0.05) is 36.9 Å². The second-order valence-corrected chi connectivity index (χ2v) is 22.9. The van der Waals surface area contributed by atoms with E-state index in [1.54, 1.807) is 0 Å². The van der Waals surface area contributed by atoms with Crippen molar-refractivity contribution >= 4 is 24.0 Å². The average Bonchev–Trinajstić information content (AvgIpc) is 4.22. The number of rotatable bonds is 11. The number of imidazole rings is 2. The minimum atomic E-state index is -0.693. The molecule has 2 spiro atoms. The minimum absolute atomic E-state index is 0.0725. The molecule has 0 radical (unpaired) electrons. The molecule has 11 rings (SSSR count). The zero-order chi connectivity index (χ0) is 49.3. The number of carbonyl (C=O) groups is 4. The van der Waals surface area contributed by atoms with Gasteiger partial charge >= 0.3 is 12.2 Å². The van der Waals surface area contributed by atoms with Crippen molar-refractivity contribution in [2.45, 2.75) is 154 Å². The van der Waals surface area contributed by atoms with Gasteiger partial charge in [-0.05, 0) is 145 Å². The molecule has 5 fully saturated rings. The van der Waals surface area contributed by atoms with E-state index in [0.29, 0.717) is 12.5 Å². The molecule has 2 saturated carbocycles. The highest BCUT2D eigenvalue weighted by atomic mass is 16.5. The molecule has 6 atom stereocenters. The normalized spacial score (nSPS) is 24.5. The summed E-state index contributed by atoms with van der Waals surface area (Å²) in [5.41, 5.74) is 13.1. The van der Waals surface area contributed by atoms with Crippen LogP contribution in [0, 0.1) is 28.6 Å². The summed E-state index contributed by atoms with van der Waals surface area (Å²) in [7, 11) is 2.65. The third-order valence-corrected chi connectivity index (χ3v) is 18.1. The fourth-order valence-electron chi connectivity index (χ4n) is 14.4. The number of hydrogen-bond acceptors (Lipinski definition) is 9. The second-order valence-electron chi connectivity index (χ2n) is 22.9. The Morgan fingerprint density at radius 1 is 0.662 bits per heavy atom. The maximum Gasteiger partial charge on any atom is 0.407 e.